The molecule has 1 aromatic carbocycles. The monoisotopic (exact) mass is 327 g/mol. The van der Waals surface area contributed by atoms with Crippen LogP contribution in [0, 0.1) is 11.3 Å². The summed E-state index contributed by atoms with van der Waals surface area (Å²) in [6, 6.07) is 6.61. The Morgan fingerprint density at radius 1 is 1.21 bits per heavy atom. The number of rotatable bonds is 2. The Morgan fingerprint density at radius 2 is 1.92 bits per heavy atom. The van der Waals surface area contributed by atoms with Gasteiger partial charge < -0.3 is 14.6 Å². The fourth-order valence-corrected chi connectivity index (χ4v) is 4.91. The first kappa shape index (κ1) is 15.8. The minimum absolute atomic E-state index is 0.0868. The van der Waals surface area contributed by atoms with Crippen LogP contribution in [-0.2, 0) is 11.8 Å². The van der Waals surface area contributed by atoms with Crippen molar-refractivity contribution in [3.63, 3.8) is 0 Å². The van der Waals surface area contributed by atoms with Crippen molar-refractivity contribution in [2.45, 2.75) is 74.9 Å². The fourth-order valence-electron chi connectivity index (χ4n) is 4.91. The van der Waals surface area contributed by atoms with Crippen LogP contribution in [-0.4, -0.2) is 23.9 Å². The number of aliphatic hydroxyl groups is 1. The van der Waals surface area contributed by atoms with Gasteiger partial charge >= 0.3 is 0 Å². The first-order valence-electron chi connectivity index (χ1n) is 9.10. The molecule has 1 N–H and O–H groups in total. The van der Waals surface area contributed by atoms with E-state index in [1.165, 1.54) is 18.4 Å². The highest BCUT2D eigenvalue weighted by Gasteiger charge is 2.47. The molecule has 2 fully saturated rings. The van der Waals surface area contributed by atoms with Gasteiger partial charge in [-0.1, -0.05) is 6.07 Å². The third kappa shape index (κ3) is 2.29. The van der Waals surface area contributed by atoms with Crippen LogP contribution in [0.15, 0.2) is 12.1 Å². The number of hydrogen-bond acceptors (Lipinski definition) is 4. The summed E-state index contributed by atoms with van der Waals surface area (Å²) in [5.41, 5.74) is 1.70. The molecule has 0 saturated heterocycles. The van der Waals surface area contributed by atoms with Gasteiger partial charge in [-0.2, -0.15) is 5.26 Å². The zero-order valence-electron chi connectivity index (χ0n) is 14.3. The highest BCUT2D eigenvalue weighted by atomic mass is 16.5. The highest BCUT2D eigenvalue weighted by Crippen LogP contribution is 2.53. The molecule has 1 aromatic rings. The number of ether oxygens (including phenoxy) is 2. The first-order chi connectivity index (χ1) is 11.6. The third-order valence-electron chi connectivity index (χ3n) is 6.31. The van der Waals surface area contributed by atoms with Crippen molar-refractivity contribution in [2.24, 2.45) is 0 Å². The lowest BCUT2D eigenvalue weighted by Gasteiger charge is -2.34. The van der Waals surface area contributed by atoms with Crippen LogP contribution in [0.3, 0.4) is 0 Å². The molecule has 0 unspecified atom stereocenters. The second-order valence-electron chi connectivity index (χ2n) is 7.72. The molecule has 0 atom stereocenters. The summed E-state index contributed by atoms with van der Waals surface area (Å²) in [7, 11) is 1.68. The number of hydrogen-bond donors (Lipinski definition) is 1. The normalized spacial score (nSPS) is 30.6. The van der Waals surface area contributed by atoms with E-state index in [1.807, 2.05) is 6.07 Å². The molecule has 1 heterocycles. The van der Waals surface area contributed by atoms with Crippen molar-refractivity contribution in [3.8, 4) is 17.6 Å². The minimum Gasteiger partial charge on any atom is -0.493 e. The van der Waals surface area contributed by atoms with Gasteiger partial charge in [0, 0.05) is 12.0 Å². The Balaban J connectivity index is 1.79. The fraction of sp³-hybridized carbons (Fsp3) is 0.650. The SMILES string of the molecule is COc1ccc(C2(C#N)CCC(O)CC2)c2c1OC1(CCCC1)C2. The molecule has 1 aliphatic heterocycles. The predicted octanol–water partition coefficient (Wildman–Crippen LogP) is 3.64. The average Bonchev–Trinajstić information content (AvgIpc) is 3.22. The summed E-state index contributed by atoms with van der Waals surface area (Å²) < 4.78 is 12.0. The molecule has 4 heteroatoms. The van der Waals surface area contributed by atoms with Crippen molar-refractivity contribution in [3.05, 3.63) is 23.3 Å². The lowest BCUT2D eigenvalue weighted by molar-refractivity contribution is 0.0993. The van der Waals surface area contributed by atoms with Gasteiger partial charge in [0.1, 0.15) is 5.60 Å². The van der Waals surface area contributed by atoms with Gasteiger partial charge in [0.2, 0.25) is 0 Å². The molecule has 4 nitrogen and oxygen atoms in total. The highest BCUT2D eigenvalue weighted by molar-refractivity contribution is 5.58. The number of aliphatic hydroxyl groups excluding tert-OH is 1. The van der Waals surface area contributed by atoms with E-state index >= 15 is 0 Å². The maximum Gasteiger partial charge on any atom is 0.165 e. The Bertz CT molecular complexity index is 677. The van der Waals surface area contributed by atoms with Crippen molar-refractivity contribution in [2.75, 3.05) is 7.11 Å². The molecule has 0 amide bonds. The second kappa shape index (κ2) is 5.67. The largest absolute Gasteiger partial charge is 0.493 e. The average molecular weight is 327 g/mol. The number of benzene rings is 1. The van der Waals surface area contributed by atoms with Gasteiger partial charge in [-0.05, 0) is 63.0 Å². The molecule has 0 radical (unpaired) electrons. The van der Waals surface area contributed by atoms with Gasteiger partial charge in [-0.25, -0.2) is 0 Å². The standard InChI is InChI=1S/C20H25NO3/c1-23-17-5-4-16(19(13-21)10-6-14(22)7-11-19)15-12-20(24-18(15)17)8-2-3-9-20/h4-5,14,22H,2-3,6-12H2,1H3. The lowest BCUT2D eigenvalue weighted by atomic mass is 9.68. The van der Waals surface area contributed by atoms with Gasteiger partial charge in [0.25, 0.3) is 0 Å². The van der Waals surface area contributed by atoms with E-state index in [9.17, 15) is 10.4 Å². The maximum absolute atomic E-state index is 9.99. The van der Waals surface area contributed by atoms with Crippen LogP contribution in [0.4, 0.5) is 0 Å². The Labute approximate surface area is 143 Å². The summed E-state index contributed by atoms with van der Waals surface area (Å²) in [5, 5.41) is 19.9. The van der Waals surface area contributed by atoms with Crippen LogP contribution in [0.5, 0.6) is 11.5 Å². The molecule has 2 saturated carbocycles. The number of fused-ring (bicyclic) bond motifs is 1. The van der Waals surface area contributed by atoms with E-state index in [4.69, 9.17) is 9.47 Å². The smallest absolute Gasteiger partial charge is 0.165 e. The number of nitrogens with zero attached hydrogens (tertiary/aromatic N) is 1. The van der Waals surface area contributed by atoms with E-state index in [0.29, 0.717) is 12.8 Å². The predicted molar refractivity (Wildman–Crippen MR) is 90.3 cm³/mol. The van der Waals surface area contributed by atoms with Crippen molar-refractivity contribution < 1.29 is 14.6 Å². The Morgan fingerprint density at radius 3 is 2.54 bits per heavy atom. The summed E-state index contributed by atoms with van der Waals surface area (Å²) >= 11 is 0. The van der Waals surface area contributed by atoms with Gasteiger partial charge in [0.05, 0.1) is 24.7 Å². The van der Waals surface area contributed by atoms with Crippen LogP contribution in [0.2, 0.25) is 0 Å². The Hall–Kier alpha value is -1.73. The van der Waals surface area contributed by atoms with Crippen molar-refractivity contribution in [1.29, 1.82) is 5.26 Å². The maximum atomic E-state index is 9.99. The molecule has 0 bridgehead atoms. The molecule has 1 spiro atoms. The van der Waals surface area contributed by atoms with E-state index in [1.54, 1.807) is 7.11 Å². The number of nitriles is 1. The quantitative estimate of drug-likeness (QED) is 0.901. The van der Waals surface area contributed by atoms with E-state index in [0.717, 1.165) is 49.2 Å². The molecule has 4 rings (SSSR count). The molecular weight excluding hydrogens is 302 g/mol. The van der Waals surface area contributed by atoms with E-state index < -0.39 is 5.41 Å². The summed E-state index contributed by atoms with van der Waals surface area (Å²) in [4.78, 5) is 0. The Kier molecular flexibility index (Phi) is 3.73. The third-order valence-corrected chi connectivity index (χ3v) is 6.31. The molecule has 24 heavy (non-hydrogen) atoms. The molecular formula is C20H25NO3. The number of methoxy groups -OCH3 is 1. The van der Waals surface area contributed by atoms with Crippen molar-refractivity contribution in [1.82, 2.24) is 0 Å². The van der Waals surface area contributed by atoms with Crippen LogP contribution in [0.25, 0.3) is 0 Å². The minimum atomic E-state index is -0.497. The zero-order chi connectivity index (χ0) is 16.8. The van der Waals surface area contributed by atoms with Crippen LogP contribution < -0.4 is 9.47 Å². The van der Waals surface area contributed by atoms with Gasteiger partial charge in [-0.3, -0.25) is 0 Å². The van der Waals surface area contributed by atoms with Crippen LogP contribution in [0.1, 0.15) is 62.5 Å². The van der Waals surface area contributed by atoms with Crippen molar-refractivity contribution >= 4 is 0 Å². The van der Waals surface area contributed by atoms with Gasteiger partial charge in [0.15, 0.2) is 11.5 Å². The first-order valence-corrected chi connectivity index (χ1v) is 9.10. The van der Waals surface area contributed by atoms with E-state index in [2.05, 4.69) is 12.1 Å². The molecule has 128 valence electrons. The molecule has 2 aliphatic carbocycles. The molecule has 0 aromatic heterocycles. The topological polar surface area (TPSA) is 62.5 Å². The second-order valence-corrected chi connectivity index (χ2v) is 7.72. The summed E-state index contributed by atoms with van der Waals surface area (Å²) in [6.45, 7) is 0. The summed E-state index contributed by atoms with van der Waals surface area (Å²) in [6.07, 6.45) is 8.04. The lowest BCUT2D eigenvalue weighted by Crippen LogP contribution is -2.34. The van der Waals surface area contributed by atoms with Crippen LogP contribution >= 0.6 is 0 Å². The summed E-state index contributed by atoms with van der Waals surface area (Å²) in [5.74, 6) is 1.64. The van der Waals surface area contributed by atoms with Gasteiger partial charge in [-0.15, -0.1) is 0 Å². The zero-order valence-corrected chi connectivity index (χ0v) is 14.3. The molecule has 3 aliphatic rings. The van der Waals surface area contributed by atoms with E-state index in [-0.39, 0.29) is 11.7 Å².